The van der Waals surface area contributed by atoms with Gasteiger partial charge in [0.2, 0.25) is 11.0 Å². The van der Waals surface area contributed by atoms with Crippen LogP contribution in [0.4, 0.5) is 20.6 Å². The number of ether oxygens (including phenoxy) is 2. The van der Waals surface area contributed by atoms with Gasteiger partial charge in [0.15, 0.2) is 0 Å². The minimum absolute atomic E-state index is 0.0307. The molecule has 11 nitrogen and oxygen atoms in total. The van der Waals surface area contributed by atoms with Crippen LogP contribution in [0.25, 0.3) is 0 Å². The second-order valence-electron chi connectivity index (χ2n) is 9.15. The van der Waals surface area contributed by atoms with E-state index in [0.29, 0.717) is 35.2 Å². The van der Waals surface area contributed by atoms with Crippen LogP contribution in [0.5, 0.6) is 0 Å². The van der Waals surface area contributed by atoms with Gasteiger partial charge in [0.05, 0.1) is 41.1 Å². The van der Waals surface area contributed by atoms with E-state index >= 15 is 4.39 Å². The quantitative estimate of drug-likeness (QED) is 0.372. The summed E-state index contributed by atoms with van der Waals surface area (Å²) < 4.78 is 26.0. The number of cyclic esters (lactones) is 1. The summed E-state index contributed by atoms with van der Waals surface area (Å²) in [6.45, 7) is 0.108. The van der Waals surface area contributed by atoms with Crippen molar-refractivity contribution in [3.63, 3.8) is 0 Å². The van der Waals surface area contributed by atoms with Crippen LogP contribution >= 0.6 is 34.7 Å². The molecule has 1 aromatic heterocycles. The van der Waals surface area contributed by atoms with Gasteiger partial charge >= 0.3 is 6.09 Å². The molecule has 1 aromatic carbocycles. The fourth-order valence-corrected chi connectivity index (χ4v) is 6.00. The summed E-state index contributed by atoms with van der Waals surface area (Å²) in [4.78, 5) is 66.3. The number of benzene rings is 1. The predicted octanol–water partition coefficient (Wildman–Crippen LogP) is 3.29. The van der Waals surface area contributed by atoms with Gasteiger partial charge < -0.3 is 20.1 Å². The number of hydrogen-bond donors (Lipinski definition) is 1. The van der Waals surface area contributed by atoms with E-state index in [1.54, 1.807) is 6.07 Å². The highest BCUT2D eigenvalue weighted by Gasteiger charge is 2.37. The lowest BCUT2D eigenvalue weighted by Crippen LogP contribution is -2.43. The number of nitrogens with zero attached hydrogens (tertiary/aromatic N) is 3. The first-order valence-corrected chi connectivity index (χ1v) is 15.0. The summed E-state index contributed by atoms with van der Waals surface area (Å²) in [6, 6.07) is 7.13. The van der Waals surface area contributed by atoms with Crippen LogP contribution in [0.3, 0.4) is 0 Å². The maximum absolute atomic E-state index is 15.1. The van der Waals surface area contributed by atoms with Crippen molar-refractivity contribution in [2.45, 2.75) is 25.4 Å². The Labute approximate surface area is 248 Å². The number of morpholine rings is 1. The number of thioether (sulfide) groups is 1. The average Bonchev–Trinajstić information content (AvgIpc) is 3.55. The number of anilines is 2. The Morgan fingerprint density at radius 1 is 1.17 bits per heavy atom. The first kappa shape index (κ1) is 30.9. The van der Waals surface area contributed by atoms with Gasteiger partial charge in [-0.2, -0.15) is 0 Å². The Morgan fingerprint density at radius 3 is 2.66 bits per heavy atom. The number of halogens is 2. The minimum Gasteiger partial charge on any atom is -0.442 e. The van der Waals surface area contributed by atoms with E-state index in [4.69, 9.17) is 26.8 Å². The van der Waals surface area contributed by atoms with E-state index in [9.17, 15) is 24.0 Å². The molecule has 0 unspecified atom stereocenters. The molecule has 2 aliphatic heterocycles. The number of imide groups is 1. The zero-order chi connectivity index (χ0) is 29.5. The Balaban J connectivity index is 1.43. The highest BCUT2D eigenvalue weighted by atomic mass is 35.5. The van der Waals surface area contributed by atoms with Crippen molar-refractivity contribution in [1.29, 1.82) is 0 Å². The molecule has 0 bridgehead atoms. The molecule has 4 rings (SSSR count). The summed E-state index contributed by atoms with van der Waals surface area (Å²) >= 11 is 8.09. The molecule has 2 N–H and O–H groups in total. The molecule has 41 heavy (non-hydrogen) atoms. The zero-order valence-corrected chi connectivity index (χ0v) is 24.3. The molecule has 15 heteroatoms. The number of hydrogen-bond acceptors (Lipinski definition) is 10. The number of thiophene rings is 1. The molecule has 220 valence electrons. The summed E-state index contributed by atoms with van der Waals surface area (Å²) in [5.74, 6) is -1.59. The predicted molar refractivity (Wildman–Crippen MR) is 153 cm³/mol. The maximum Gasteiger partial charge on any atom is 0.414 e. The van der Waals surface area contributed by atoms with Gasteiger partial charge in [-0.25, -0.2) is 9.18 Å². The largest absolute Gasteiger partial charge is 0.442 e. The third kappa shape index (κ3) is 7.83. The number of nitrogens with two attached hydrogens (primary N) is 1. The van der Waals surface area contributed by atoms with Gasteiger partial charge in [0.25, 0.3) is 11.8 Å². The SMILES string of the molecule is NCC(=O)SCCCCC(=O)N(C[C@H]1CN(c2ccc(N3CCOCC3=O)cc2F)C(=O)O1)C(=O)c1ccc(Cl)s1. The second kappa shape index (κ2) is 14.2. The molecule has 2 saturated heterocycles. The number of unbranched alkanes of at least 4 members (excludes halogenated alkanes) is 1. The van der Waals surface area contributed by atoms with Gasteiger partial charge in [-0.1, -0.05) is 23.4 Å². The Morgan fingerprint density at radius 2 is 1.98 bits per heavy atom. The van der Waals surface area contributed by atoms with Crippen molar-refractivity contribution in [2.75, 3.05) is 54.9 Å². The molecular formula is C26H28ClFN4O7S2. The highest BCUT2D eigenvalue weighted by molar-refractivity contribution is 8.13. The van der Waals surface area contributed by atoms with E-state index < -0.39 is 29.8 Å². The first-order chi connectivity index (χ1) is 19.7. The lowest BCUT2D eigenvalue weighted by atomic mass is 10.2. The summed E-state index contributed by atoms with van der Waals surface area (Å²) in [5.41, 5.74) is 5.58. The van der Waals surface area contributed by atoms with Crippen LogP contribution in [0.2, 0.25) is 4.34 Å². The molecule has 3 heterocycles. The smallest absolute Gasteiger partial charge is 0.414 e. The van der Waals surface area contributed by atoms with Crippen LogP contribution in [-0.2, 0) is 23.9 Å². The topological polar surface area (TPSA) is 140 Å². The molecule has 0 saturated carbocycles. The molecule has 2 fully saturated rings. The third-order valence-electron chi connectivity index (χ3n) is 6.32. The van der Waals surface area contributed by atoms with Crippen molar-refractivity contribution in [3.05, 3.63) is 45.4 Å². The first-order valence-electron chi connectivity index (χ1n) is 12.8. The standard InChI is InChI=1S/C26H28ClFN4O7S2/c27-21-7-6-20(41-21)25(36)32(22(33)3-1-2-10-40-24(35)12-29)14-17-13-31(26(37)39-17)19-5-4-16(11-18(19)28)30-8-9-38-15-23(30)34/h4-7,11,17H,1-3,8-10,12-15,29H2/t17-/m1/s1. The lowest BCUT2D eigenvalue weighted by molar-refractivity contribution is -0.129. The average molecular weight is 627 g/mol. The van der Waals surface area contributed by atoms with Crippen molar-refractivity contribution >= 4 is 75.0 Å². The van der Waals surface area contributed by atoms with Gasteiger partial charge in [-0.05, 0) is 43.2 Å². The van der Waals surface area contributed by atoms with E-state index in [2.05, 4.69) is 0 Å². The van der Waals surface area contributed by atoms with E-state index in [1.165, 1.54) is 29.2 Å². The van der Waals surface area contributed by atoms with Crippen LogP contribution < -0.4 is 15.5 Å². The number of carbonyl (C=O) groups is 5. The van der Waals surface area contributed by atoms with Crippen molar-refractivity contribution in [2.24, 2.45) is 5.73 Å². The normalized spacial score (nSPS) is 17.1. The second-order valence-corrected chi connectivity index (χ2v) is 12.0. The molecule has 2 aliphatic rings. The lowest BCUT2D eigenvalue weighted by Gasteiger charge is -2.27. The van der Waals surface area contributed by atoms with Gasteiger partial charge in [0.1, 0.15) is 18.5 Å². The fourth-order valence-electron chi connectivity index (χ4n) is 4.31. The van der Waals surface area contributed by atoms with Gasteiger partial charge in [-0.3, -0.25) is 29.0 Å². The number of rotatable bonds is 11. The molecule has 1 atom stereocenters. The zero-order valence-electron chi connectivity index (χ0n) is 21.9. The van der Waals surface area contributed by atoms with Crippen molar-refractivity contribution in [1.82, 2.24) is 4.90 Å². The van der Waals surface area contributed by atoms with Crippen LogP contribution in [0, 0.1) is 5.82 Å². The molecule has 2 aromatic rings. The molecule has 4 amide bonds. The molecule has 0 aliphatic carbocycles. The number of carbonyl (C=O) groups excluding carboxylic acids is 5. The fraction of sp³-hybridized carbons (Fsp3) is 0.423. The van der Waals surface area contributed by atoms with E-state index in [1.807, 2.05) is 0 Å². The number of amides is 4. The van der Waals surface area contributed by atoms with Gasteiger partial charge in [-0.15, -0.1) is 11.3 Å². The third-order valence-corrected chi connectivity index (χ3v) is 8.53. The summed E-state index contributed by atoms with van der Waals surface area (Å²) in [6.07, 6.45) is -0.721. The summed E-state index contributed by atoms with van der Waals surface area (Å²) in [7, 11) is 0. The summed E-state index contributed by atoms with van der Waals surface area (Å²) in [5, 5.41) is -0.143. The van der Waals surface area contributed by atoms with Gasteiger partial charge in [0, 0.05) is 24.4 Å². The Hall–Kier alpha value is -3.04. The van der Waals surface area contributed by atoms with Crippen LogP contribution in [-0.4, -0.2) is 85.1 Å². The van der Waals surface area contributed by atoms with E-state index in [-0.39, 0.29) is 60.8 Å². The highest BCUT2D eigenvalue weighted by Crippen LogP contribution is 2.30. The Bertz CT molecular complexity index is 1330. The van der Waals surface area contributed by atoms with E-state index in [0.717, 1.165) is 32.9 Å². The van der Waals surface area contributed by atoms with Crippen LogP contribution in [0.1, 0.15) is 28.9 Å². The minimum atomic E-state index is -0.913. The molecular weight excluding hydrogens is 599 g/mol. The van der Waals surface area contributed by atoms with Crippen LogP contribution in [0.15, 0.2) is 30.3 Å². The monoisotopic (exact) mass is 626 g/mol. The van der Waals surface area contributed by atoms with Crippen molar-refractivity contribution < 1.29 is 37.8 Å². The van der Waals surface area contributed by atoms with Crippen molar-refractivity contribution in [3.8, 4) is 0 Å². The Kier molecular flexibility index (Phi) is 10.7. The molecule has 0 radical (unpaired) electrons. The maximum atomic E-state index is 15.1. The molecule has 0 spiro atoms.